The van der Waals surface area contributed by atoms with Crippen molar-refractivity contribution in [2.75, 3.05) is 37.7 Å². The number of hydrogen-bond donors (Lipinski definition) is 2. The average Bonchev–Trinajstić information content (AvgIpc) is 3.17. The highest BCUT2D eigenvalue weighted by atomic mass is 16.7. The fourth-order valence-corrected chi connectivity index (χ4v) is 3.25. The summed E-state index contributed by atoms with van der Waals surface area (Å²) in [6, 6.07) is 4.78. The number of benzene rings is 1. The smallest absolute Gasteiger partial charge is 0.330 e. The van der Waals surface area contributed by atoms with Crippen LogP contribution in [0.25, 0.3) is 0 Å². The van der Waals surface area contributed by atoms with E-state index in [1.54, 1.807) is 25.3 Å². The van der Waals surface area contributed by atoms with Crippen molar-refractivity contribution in [1.82, 2.24) is 9.55 Å². The SMILES string of the molecule is COCCCN(C(=O)c1ccc2c(c1)OCO2)c1c(N)n(CC(C)C)c(=O)[nH]c1=O. The van der Waals surface area contributed by atoms with Crippen LogP contribution in [0.2, 0.25) is 0 Å². The van der Waals surface area contributed by atoms with Crippen molar-refractivity contribution in [3.8, 4) is 11.5 Å². The van der Waals surface area contributed by atoms with Gasteiger partial charge in [0.2, 0.25) is 6.79 Å². The molecule has 0 atom stereocenters. The number of carbonyl (C=O) groups is 1. The predicted octanol–water partition coefficient (Wildman–Crippen LogP) is 1.19. The molecule has 0 radical (unpaired) electrons. The van der Waals surface area contributed by atoms with E-state index >= 15 is 0 Å². The summed E-state index contributed by atoms with van der Waals surface area (Å²) in [5, 5.41) is 0. The van der Waals surface area contributed by atoms with Crippen LogP contribution >= 0.6 is 0 Å². The molecule has 0 bridgehead atoms. The van der Waals surface area contributed by atoms with Gasteiger partial charge in [0, 0.05) is 32.4 Å². The number of H-pyrrole nitrogens is 1. The number of aromatic amines is 1. The van der Waals surface area contributed by atoms with Crippen LogP contribution in [0.1, 0.15) is 30.6 Å². The monoisotopic (exact) mass is 418 g/mol. The van der Waals surface area contributed by atoms with Crippen molar-refractivity contribution in [2.45, 2.75) is 26.8 Å². The van der Waals surface area contributed by atoms with Gasteiger partial charge in [-0.1, -0.05) is 13.8 Å². The highest BCUT2D eigenvalue weighted by molar-refractivity contribution is 6.07. The number of ether oxygens (including phenoxy) is 3. The first-order valence-corrected chi connectivity index (χ1v) is 9.66. The molecule has 10 nitrogen and oxygen atoms in total. The molecule has 2 aromatic rings. The van der Waals surface area contributed by atoms with Gasteiger partial charge in [-0.3, -0.25) is 19.1 Å². The molecule has 162 valence electrons. The Balaban J connectivity index is 2.07. The molecule has 1 aliphatic rings. The van der Waals surface area contributed by atoms with Gasteiger partial charge in [0.25, 0.3) is 11.5 Å². The topological polar surface area (TPSA) is 129 Å². The van der Waals surface area contributed by atoms with Crippen LogP contribution in [0.15, 0.2) is 27.8 Å². The van der Waals surface area contributed by atoms with Crippen LogP contribution < -0.4 is 31.4 Å². The van der Waals surface area contributed by atoms with E-state index in [0.29, 0.717) is 36.6 Å². The first-order valence-electron chi connectivity index (χ1n) is 9.66. The second-order valence-electron chi connectivity index (χ2n) is 7.37. The number of anilines is 2. The Hall–Kier alpha value is -3.27. The number of nitrogen functional groups attached to an aromatic ring is 1. The van der Waals surface area contributed by atoms with Gasteiger partial charge in [-0.15, -0.1) is 0 Å². The van der Waals surface area contributed by atoms with Gasteiger partial charge in [0.1, 0.15) is 5.82 Å². The Kier molecular flexibility index (Phi) is 6.46. The van der Waals surface area contributed by atoms with E-state index in [2.05, 4.69) is 4.98 Å². The van der Waals surface area contributed by atoms with Crippen molar-refractivity contribution in [1.29, 1.82) is 0 Å². The van der Waals surface area contributed by atoms with Gasteiger partial charge in [-0.05, 0) is 30.5 Å². The van der Waals surface area contributed by atoms with Crippen LogP contribution in [-0.2, 0) is 11.3 Å². The summed E-state index contributed by atoms with van der Waals surface area (Å²) in [5.41, 5.74) is 5.13. The normalized spacial score (nSPS) is 12.4. The second-order valence-corrected chi connectivity index (χ2v) is 7.37. The van der Waals surface area contributed by atoms with Gasteiger partial charge < -0.3 is 24.8 Å². The molecule has 1 aromatic carbocycles. The van der Waals surface area contributed by atoms with Crippen LogP contribution in [0, 0.1) is 5.92 Å². The number of methoxy groups -OCH3 is 1. The zero-order chi connectivity index (χ0) is 21.8. The Bertz CT molecular complexity index is 1040. The third-order valence-electron chi connectivity index (χ3n) is 4.63. The predicted molar refractivity (Wildman–Crippen MR) is 111 cm³/mol. The van der Waals surface area contributed by atoms with Gasteiger partial charge in [-0.2, -0.15) is 0 Å². The van der Waals surface area contributed by atoms with Crippen molar-refractivity contribution in [3.63, 3.8) is 0 Å². The molecule has 0 unspecified atom stereocenters. The standard InChI is InChI=1S/C20H26N4O6/c1-12(2)10-24-17(21)16(18(25)22-20(24)27)23(7-4-8-28-3)19(26)13-5-6-14-15(9-13)30-11-29-14/h5-6,9,12H,4,7-8,10-11,21H2,1-3H3,(H,22,25,27). The number of nitrogens with zero attached hydrogens (tertiary/aromatic N) is 2. The van der Waals surface area contributed by atoms with E-state index in [9.17, 15) is 14.4 Å². The summed E-state index contributed by atoms with van der Waals surface area (Å²) in [4.78, 5) is 41.9. The van der Waals surface area contributed by atoms with Crippen molar-refractivity contribution < 1.29 is 19.0 Å². The Morgan fingerprint density at radius 2 is 2.03 bits per heavy atom. The molecule has 10 heteroatoms. The van der Waals surface area contributed by atoms with E-state index in [1.165, 1.54) is 9.47 Å². The summed E-state index contributed by atoms with van der Waals surface area (Å²) in [6.45, 7) is 4.79. The Labute approximate surface area is 173 Å². The number of aromatic nitrogens is 2. The highest BCUT2D eigenvalue weighted by Gasteiger charge is 2.26. The molecule has 0 spiro atoms. The molecule has 3 rings (SSSR count). The number of fused-ring (bicyclic) bond motifs is 1. The van der Waals surface area contributed by atoms with E-state index in [-0.39, 0.29) is 30.8 Å². The zero-order valence-corrected chi connectivity index (χ0v) is 17.3. The Morgan fingerprint density at radius 3 is 2.73 bits per heavy atom. The first-order chi connectivity index (χ1) is 14.3. The molecule has 1 aromatic heterocycles. The van der Waals surface area contributed by atoms with Gasteiger partial charge in [-0.25, -0.2) is 4.79 Å². The summed E-state index contributed by atoms with van der Waals surface area (Å²) in [5.74, 6) is 0.597. The number of rotatable bonds is 8. The number of hydrogen-bond acceptors (Lipinski definition) is 7. The third-order valence-corrected chi connectivity index (χ3v) is 4.63. The highest BCUT2D eigenvalue weighted by Crippen LogP contribution is 2.33. The molecule has 3 N–H and O–H groups in total. The lowest BCUT2D eigenvalue weighted by molar-refractivity contribution is 0.0982. The van der Waals surface area contributed by atoms with Gasteiger partial charge >= 0.3 is 5.69 Å². The first kappa shape index (κ1) is 21.4. The lowest BCUT2D eigenvalue weighted by atomic mass is 10.1. The molecule has 2 heterocycles. The fourth-order valence-electron chi connectivity index (χ4n) is 3.25. The van der Waals surface area contributed by atoms with Crippen LogP contribution in [0.4, 0.5) is 11.5 Å². The minimum absolute atomic E-state index is 0.0519. The van der Waals surface area contributed by atoms with Crippen LogP contribution in [-0.4, -0.2) is 42.5 Å². The average molecular weight is 418 g/mol. The van der Waals surface area contributed by atoms with E-state index in [4.69, 9.17) is 19.9 Å². The largest absolute Gasteiger partial charge is 0.454 e. The molecule has 1 aliphatic heterocycles. The maximum absolute atomic E-state index is 13.4. The van der Waals surface area contributed by atoms with Crippen molar-refractivity contribution in [3.05, 3.63) is 44.6 Å². The van der Waals surface area contributed by atoms with Crippen LogP contribution in [0.3, 0.4) is 0 Å². The molecule has 1 amide bonds. The third kappa shape index (κ3) is 4.33. The lowest BCUT2D eigenvalue weighted by Crippen LogP contribution is -2.42. The van der Waals surface area contributed by atoms with Crippen molar-refractivity contribution in [2.24, 2.45) is 5.92 Å². The minimum atomic E-state index is -0.719. The maximum Gasteiger partial charge on any atom is 0.330 e. The number of nitrogens with one attached hydrogen (secondary N) is 1. The summed E-state index contributed by atoms with van der Waals surface area (Å²) >= 11 is 0. The minimum Gasteiger partial charge on any atom is -0.454 e. The maximum atomic E-state index is 13.4. The molecule has 0 saturated heterocycles. The molecular formula is C20H26N4O6. The summed E-state index contributed by atoms with van der Waals surface area (Å²) in [7, 11) is 1.55. The number of amides is 1. The second kappa shape index (κ2) is 9.04. The fraction of sp³-hybridized carbons (Fsp3) is 0.450. The zero-order valence-electron chi connectivity index (χ0n) is 17.3. The molecule has 0 saturated carbocycles. The van der Waals surface area contributed by atoms with Gasteiger partial charge in [0.15, 0.2) is 17.2 Å². The summed E-state index contributed by atoms with van der Waals surface area (Å²) < 4.78 is 17.0. The van der Waals surface area contributed by atoms with E-state index in [1.807, 2.05) is 13.8 Å². The number of carbonyl (C=O) groups excluding carboxylic acids is 1. The van der Waals surface area contributed by atoms with E-state index in [0.717, 1.165) is 0 Å². The molecular weight excluding hydrogens is 392 g/mol. The van der Waals surface area contributed by atoms with E-state index < -0.39 is 17.2 Å². The van der Waals surface area contributed by atoms with Crippen LogP contribution in [0.5, 0.6) is 11.5 Å². The number of nitrogens with two attached hydrogens (primary N) is 1. The van der Waals surface area contributed by atoms with Crippen molar-refractivity contribution >= 4 is 17.4 Å². The molecule has 0 aliphatic carbocycles. The lowest BCUT2D eigenvalue weighted by Gasteiger charge is -2.25. The molecule has 30 heavy (non-hydrogen) atoms. The quantitative estimate of drug-likeness (QED) is 0.616. The Morgan fingerprint density at radius 1 is 1.30 bits per heavy atom. The summed E-state index contributed by atoms with van der Waals surface area (Å²) in [6.07, 6.45) is 0.467. The van der Waals surface area contributed by atoms with Gasteiger partial charge in [0.05, 0.1) is 0 Å². The molecule has 0 fully saturated rings.